The number of allylic oxidation sites excluding steroid dienone is 4. The predicted octanol–water partition coefficient (Wildman–Crippen LogP) is 5.21. The van der Waals surface area contributed by atoms with Crippen molar-refractivity contribution in [3.05, 3.63) is 139 Å². The number of Topliss-reactive ketones (excluding diaryl/α,β-unsaturated/α-hetero) is 4. The normalized spacial score (nSPS) is 13.0. The molecule has 0 spiro atoms. The van der Waals surface area contributed by atoms with Crippen molar-refractivity contribution in [2.24, 2.45) is 5.41 Å². The summed E-state index contributed by atoms with van der Waals surface area (Å²) in [7, 11) is 0. The molecule has 0 saturated heterocycles. The van der Waals surface area contributed by atoms with Crippen LogP contribution in [0.15, 0.2) is 71.3 Å². The number of fused-ring (bicyclic) bond motifs is 2. The molecule has 0 aliphatic heterocycles. The Hall–Kier alpha value is -7.82. The Labute approximate surface area is 308 Å². The first-order valence-electron chi connectivity index (χ1n) is 15.5. The maximum Gasteiger partial charge on any atom is 0.333 e. The zero-order chi connectivity index (χ0) is 40.5. The highest BCUT2D eigenvalue weighted by Gasteiger charge is 2.37. The minimum absolute atomic E-state index is 0.0110. The van der Waals surface area contributed by atoms with Crippen molar-refractivity contribution < 1.29 is 47.8 Å². The van der Waals surface area contributed by atoms with E-state index in [9.17, 15) is 38.4 Å². The first-order valence-corrected chi connectivity index (χ1v) is 15.5. The molecule has 0 fully saturated rings. The molecule has 2 aliphatic carbocycles. The summed E-state index contributed by atoms with van der Waals surface area (Å²) in [4.78, 5) is 109. The molecular formula is C38H28N6O10. The Bertz CT molecular complexity index is 2320. The van der Waals surface area contributed by atoms with Crippen molar-refractivity contribution in [2.75, 3.05) is 23.8 Å². The Morgan fingerprint density at radius 1 is 0.667 bits per heavy atom. The number of amides is 2. The number of hydrogen-bond donors (Lipinski definition) is 2. The third-order valence-electron chi connectivity index (χ3n) is 7.83. The third-order valence-corrected chi connectivity index (χ3v) is 7.83. The Morgan fingerprint density at radius 2 is 1.04 bits per heavy atom. The first kappa shape index (κ1) is 40.6. The second kappa shape index (κ2) is 16.9. The van der Waals surface area contributed by atoms with E-state index in [1.54, 1.807) is 13.8 Å². The average molecular weight is 729 g/mol. The minimum Gasteiger partial charge on any atom is -0.455 e. The summed E-state index contributed by atoms with van der Waals surface area (Å²) in [6.07, 6.45) is 0.533. The fraction of sp³-hybridized carbons (Fsp3) is 0.211. The van der Waals surface area contributed by atoms with Crippen LogP contribution in [0.25, 0.3) is 19.4 Å². The number of ether oxygens (including phenoxy) is 2. The van der Waals surface area contributed by atoms with Gasteiger partial charge in [-0.2, -0.15) is 0 Å². The lowest BCUT2D eigenvalue weighted by molar-refractivity contribution is -0.156. The van der Waals surface area contributed by atoms with Crippen LogP contribution < -0.4 is 10.6 Å². The highest BCUT2D eigenvalue weighted by molar-refractivity contribution is 6.31. The molecular weight excluding hydrogens is 700 g/mol. The number of ketones is 4. The average Bonchev–Trinajstić information content (AvgIpc) is 3.15. The van der Waals surface area contributed by atoms with Gasteiger partial charge in [0.2, 0.25) is 22.8 Å². The van der Waals surface area contributed by atoms with Crippen LogP contribution in [-0.2, 0) is 28.7 Å². The smallest absolute Gasteiger partial charge is 0.333 e. The van der Waals surface area contributed by atoms with Crippen LogP contribution in [0.4, 0.5) is 11.4 Å². The van der Waals surface area contributed by atoms with E-state index in [0.29, 0.717) is 6.42 Å². The van der Waals surface area contributed by atoms with E-state index in [4.69, 9.17) is 35.8 Å². The van der Waals surface area contributed by atoms with E-state index in [1.807, 2.05) is 6.92 Å². The third kappa shape index (κ3) is 8.37. The van der Waals surface area contributed by atoms with E-state index in [1.165, 1.54) is 43.3 Å². The molecule has 0 radical (unpaired) electrons. The Morgan fingerprint density at radius 3 is 1.39 bits per heavy atom. The van der Waals surface area contributed by atoms with E-state index in [0.717, 1.165) is 0 Å². The molecule has 2 aromatic rings. The van der Waals surface area contributed by atoms with E-state index in [-0.39, 0.29) is 39.2 Å². The van der Waals surface area contributed by atoms with Crippen molar-refractivity contribution in [3.8, 4) is 0 Å². The molecule has 2 aliphatic rings. The van der Waals surface area contributed by atoms with Crippen LogP contribution in [-0.4, -0.2) is 60.1 Å². The van der Waals surface area contributed by atoms with Crippen molar-refractivity contribution in [1.82, 2.24) is 0 Å². The zero-order valence-corrected chi connectivity index (χ0v) is 29.2. The van der Waals surface area contributed by atoms with Crippen molar-refractivity contribution >= 4 is 58.3 Å². The molecule has 16 heteroatoms. The molecule has 54 heavy (non-hydrogen) atoms. The molecule has 0 saturated carbocycles. The molecule has 0 atom stereocenters. The molecule has 4 rings (SSSR count). The van der Waals surface area contributed by atoms with Gasteiger partial charge >= 0.3 is 11.9 Å². The summed E-state index contributed by atoms with van der Waals surface area (Å²) < 4.78 is 9.71. The summed E-state index contributed by atoms with van der Waals surface area (Å²) in [6, 6.07) is 8.30. The van der Waals surface area contributed by atoms with Crippen LogP contribution in [0, 0.1) is 31.7 Å². The lowest BCUT2D eigenvalue weighted by Gasteiger charge is -2.21. The van der Waals surface area contributed by atoms with E-state index < -0.39 is 88.3 Å². The molecule has 0 heterocycles. The number of carbonyl (C=O) groups is 8. The summed E-state index contributed by atoms with van der Waals surface area (Å²) in [6.45, 7) is 37.1. The maximum absolute atomic E-state index is 12.6. The number of esters is 2. The van der Waals surface area contributed by atoms with Gasteiger partial charge in [0.05, 0.1) is 43.1 Å². The fourth-order valence-electron chi connectivity index (χ4n) is 4.62. The highest BCUT2D eigenvalue weighted by Crippen LogP contribution is 2.34. The van der Waals surface area contributed by atoms with E-state index >= 15 is 0 Å². The van der Waals surface area contributed by atoms with Gasteiger partial charge < -0.3 is 39.3 Å². The Balaban J connectivity index is 0.000000291. The Kier molecular flexibility index (Phi) is 12.7. The van der Waals surface area contributed by atoms with Gasteiger partial charge in [0, 0.05) is 27.8 Å². The number of benzene rings is 2. The molecule has 2 N–H and O–H groups in total. The van der Waals surface area contributed by atoms with Crippen LogP contribution in [0.5, 0.6) is 0 Å². The van der Waals surface area contributed by atoms with Crippen LogP contribution >= 0.6 is 0 Å². The predicted molar refractivity (Wildman–Crippen MR) is 189 cm³/mol. The van der Waals surface area contributed by atoms with Gasteiger partial charge in [-0.15, -0.1) is 0 Å². The standard InChI is InChI=1S/C20H17N3O5.C18H11N3O5/c1-6-20(2,3)19(27)28-10-13(24)23-12-9-7-8-11-14(12)18(26)16(22-5)15(21-4)17(11)25;1-9(2)18(25)26-8-12(22)21-11-7-5-6-10-13(11)17(24)15(20-4)14(19-3)16(10)23/h7-9H,6,10H2,1-3H3,(H,23,24);5-7H,1,8H2,2H3,(H,21,22). The van der Waals surface area contributed by atoms with Crippen molar-refractivity contribution in [3.63, 3.8) is 0 Å². The van der Waals surface area contributed by atoms with Crippen LogP contribution in [0.1, 0.15) is 75.5 Å². The highest BCUT2D eigenvalue weighted by atomic mass is 16.5. The second-order valence-corrected chi connectivity index (χ2v) is 11.9. The first-order chi connectivity index (χ1) is 25.5. The molecule has 2 amide bonds. The van der Waals surface area contributed by atoms with Gasteiger partial charge in [-0.1, -0.05) is 37.8 Å². The molecule has 2 aromatic carbocycles. The van der Waals surface area contributed by atoms with Gasteiger partial charge in [-0.25, -0.2) is 24.2 Å². The number of rotatable bonds is 9. The monoisotopic (exact) mass is 728 g/mol. The number of anilines is 2. The van der Waals surface area contributed by atoms with Crippen molar-refractivity contribution in [2.45, 2.75) is 34.1 Å². The zero-order valence-electron chi connectivity index (χ0n) is 29.2. The van der Waals surface area contributed by atoms with Crippen LogP contribution in [0.3, 0.4) is 0 Å². The largest absolute Gasteiger partial charge is 0.455 e. The summed E-state index contributed by atoms with van der Waals surface area (Å²) in [5.74, 6) is -5.86. The number of hydrogen-bond acceptors (Lipinski definition) is 10. The molecule has 16 nitrogen and oxygen atoms in total. The maximum atomic E-state index is 12.6. The SMILES string of the molecule is [C-]#[N+]C1=C([N+]#[C-])C(=O)c2c(NC(=O)COC(=O)C(=C)C)cccc2C1=O.[C-]#[N+]C1=C([N+]#[C-])C(=O)c2c(NC(=O)COC(=O)C(C)(C)CC)cccc2C1=O. The molecule has 270 valence electrons. The van der Waals surface area contributed by atoms with Crippen LogP contribution in [0.2, 0.25) is 0 Å². The van der Waals surface area contributed by atoms with Gasteiger partial charge in [0.15, 0.2) is 36.3 Å². The number of carbonyl (C=O) groups excluding carboxylic acids is 8. The molecule has 0 bridgehead atoms. The lowest BCUT2D eigenvalue weighted by Crippen LogP contribution is -2.30. The fourth-order valence-corrected chi connectivity index (χ4v) is 4.62. The van der Waals surface area contributed by atoms with Gasteiger partial charge in [-0.3, -0.25) is 14.4 Å². The number of nitrogens with zero attached hydrogens (tertiary/aromatic N) is 4. The second-order valence-electron chi connectivity index (χ2n) is 11.9. The minimum atomic E-state index is -0.824. The number of nitrogens with one attached hydrogen (secondary N) is 2. The van der Waals surface area contributed by atoms with Crippen molar-refractivity contribution in [1.29, 1.82) is 0 Å². The summed E-state index contributed by atoms with van der Waals surface area (Å²) in [5, 5.41) is 4.80. The molecule has 0 unspecified atom stereocenters. The summed E-state index contributed by atoms with van der Waals surface area (Å²) in [5.41, 5.74) is -3.33. The summed E-state index contributed by atoms with van der Waals surface area (Å²) >= 11 is 0. The topological polar surface area (TPSA) is 197 Å². The van der Waals surface area contributed by atoms with Gasteiger partial charge in [-0.05, 0) is 39.3 Å². The van der Waals surface area contributed by atoms with E-state index in [2.05, 4.69) is 36.6 Å². The molecule has 0 aromatic heterocycles. The van der Waals surface area contributed by atoms with Gasteiger partial charge in [0.1, 0.15) is 0 Å². The van der Waals surface area contributed by atoms with Gasteiger partial charge in [0.25, 0.3) is 11.8 Å². The quantitative estimate of drug-likeness (QED) is 0.197. The lowest BCUT2D eigenvalue weighted by atomic mass is 9.89.